The zero-order valence-electron chi connectivity index (χ0n) is 12.1. The van der Waals surface area contributed by atoms with E-state index in [0.29, 0.717) is 6.61 Å². The van der Waals surface area contributed by atoms with Gasteiger partial charge in [0.05, 0.1) is 6.61 Å². The van der Waals surface area contributed by atoms with Crippen LogP contribution in [0.15, 0.2) is 12.1 Å². The van der Waals surface area contributed by atoms with Crippen LogP contribution in [0.3, 0.4) is 0 Å². The summed E-state index contributed by atoms with van der Waals surface area (Å²) in [4.78, 5) is 4.66. The van der Waals surface area contributed by atoms with Gasteiger partial charge < -0.3 is 15.4 Å². The van der Waals surface area contributed by atoms with Crippen molar-refractivity contribution in [3.63, 3.8) is 0 Å². The number of hydrogen-bond donors (Lipinski definition) is 2. The lowest BCUT2D eigenvalue weighted by Gasteiger charge is -2.20. The predicted octanol–water partition coefficient (Wildman–Crippen LogP) is 2.16. The highest BCUT2D eigenvalue weighted by Crippen LogP contribution is 2.23. The third-order valence-electron chi connectivity index (χ3n) is 2.65. The van der Waals surface area contributed by atoms with Crippen molar-refractivity contribution in [3.8, 4) is 0 Å². The lowest BCUT2D eigenvalue weighted by Crippen LogP contribution is -2.18. The van der Waals surface area contributed by atoms with Gasteiger partial charge in [0.15, 0.2) is 0 Å². The van der Waals surface area contributed by atoms with E-state index in [1.54, 1.807) is 7.11 Å². The van der Waals surface area contributed by atoms with Gasteiger partial charge in [-0.3, -0.25) is 0 Å². The minimum atomic E-state index is 0.0570. The smallest absolute Gasteiger partial charge is 0.126 e. The molecular formula is C14H25N3O. The van der Waals surface area contributed by atoms with Crippen LogP contribution >= 0.6 is 0 Å². The Morgan fingerprint density at radius 2 is 2.00 bits per heavy atom. The molecule has 18 heavy (non-hydrogen) atoms. The molecule has 0 unspecified atom stereocenters. The topological polar surface area (TPSA) is 46.2 Å². The number of nitrogens with one attached hydrogen (secondary N) is 2. The number of nitrogens with zero attached hydrogens (tertiary/aromatic N) is 1. The molecule has 1 aromatic rings. The predicted molar refractivity (Wildman–Crippen MR) is 76.1 cm³/mol. The van der Waals surface area contributed by atoms with Crippen molar-refractivity contribution in [2.45, 2.75) is 32.7 Å². The standard InChI is InChI=1S/C14H25N3O/c1-14(2,3)12-8-11(10-15-4)9-13(17-12)16-6-7-18-5/h8-9,15H,6-7,10H2,1-5H3,(H,16,17). The van der Waals surface area contributed by atoms with Crippen molar-refractivity contribution in [2.24, 2.45) is 0 Å². The molecule has 0 aromatic carbocycles. The molecule has 0 saturated carbocycles. The Bertz CT molecular complexity index is 372. The Morgan fingerprint density at radius 3 is 2.56 bits per heavy atom. The molecule has 1 aromatic heterocycles. The van der Waals surface area contributed by atoms with E-state index in [1.807, 2.05) is 7.05 Å². The summed E-state index contributed by atoms with van der Waals surface area (Å²) in [6.07, 6.45) is 0. The van der Waals surface area contributed by atoms with Gasteiger partial charge in [-0.05, 0) is 24.7 Å². The maximum Gasteiger partial charge on any atom is 0.126 e. The van der Waals surface area contributed by atoms with Gasteiger partial charge in [-0.15, -0.1) is 0 Å². The van der Waals surface area contributed by atoms with Crippen molar-refractivity contribution in [1.29, 1.82) is 0 Å². The minimum Gasteiger partial charge on any atom is -0.383 e. The first kappa shape index (κ1) is 14.9. The van der Waals surface area contributed by atoms with E-state index in [2.05, 4.69) is 48.5 Å². The van der Waals surface area contributed by atoms with E-state index >= 15 is 0 Å². The van der Waals surface area contributed by atoms with Crippen LogP contribution in [0.25, 0.3) is 0 Å². The lowest BCUT2D eigenvalue weighted by molar-refractivity contribution is 0.210. The van der Waals surface area contributed by atoms with E-state index in [9.17, 15) is 0 Å². The number of aromatic nitrogens is 1. The van der Waals surface area contributed by atoms with Crippen LogP contribution < -0.4 is 10.6 Å². The Balaban J connectivity index is 2.91. The van der Waals surface area contributed by atoms with Gasteiger partial charge in [-0.1, -0.05) is 20.8 Å². The molecule has 1 rings (SSSR count). The molecule has 4 nitrogen and oxygen atoms in total. The molecule has 1 heterocycles. The van der Waals surface area contributed by atoms with Gasteiger partial charge in [-0.2, -0.15) is 0 Å². The third-order valence-corrected chi connectivity index (χ3v) is 2.65. The summed E-state index contributed by atoms with van der Waals surface area (Å²) < 4.78 is 5.04. The average Bonchev–Trinajstić information content (AvgIpc) is 2.28. The van der Waals surface area contributed by atoms with Crippen LogP contribution in [0.4, 0.5) is 5.82 Å². The van der Waals surface area contributed by atoms with E-state index in [0.717, 1.165) is 24.6 Å². The fraction of sp³-hybridized carbons (Fsp3) is 0.643. The summed E-state index contributed by atoms with van der Waals surface area (Å²) in [5.41, 5.74) is 2.41. The highest BCUT2D eigenvalue weighted by molar-refractivity contribution is 5.41. The van der Waals surface area contributed by atoms with Crippen molar-refractivity contribution in [3.05, 3.63) is 23.4 Å². The molecule has 0 saturated heterocycles. The summed E-state index contributed by atoms with van der Waals surface area (Å²) in [6, 6.07) is 4.25. The first-order valence-corrected chi connectivity index (χ1v) is 6.36. The Labute approximate surface area is 110 Å². The molecule has 0 spiro atoms. The summed E-state index contributed by atoms with van der Waals surface area (Å²) in [5, 5.41) is 6.47. The lowest BCUT2D eigenvalue weighted by atomic mass is 9.90. The van der Waals surface area contributed by atoms with Crippen molar-refractivity contribution in [2.75, 3.05) is 32.6 Å². The largest absolute Gasteiger partial charge is 0.383 e. The molecule has 0 aliphatic heterocycles. The van der Waals surface area contributed by atoms with Gasteiger partial charge in [0.25, 0.3) is 0 Å². The summed E-state index contributed by atoms with van der Waals surface area (Å²) >= 11 is 0. The van der Waals surface area contributed by atoms with Gasteiger partial charge in [0, 0.05) is 31.3 Å². The molecule has 0 aliphatic carbocycles. The Kier molecular flexibility index (Phi) is 5.56. The van der Waals surface area contributed by atoms with Gasteiger partial charge in [-0.25, -0.2) is 4.98 Å². The maximum absolute atomic E-state index is 5.04. The number of hydrogen-bond acceptors (Lipinski definition) is 4. The second-order valence-corrected chi connectivity index (χ2v) is 5.45. The number of anilines is 1. The zero-order chi connectivity index (χ0) is 13.6. The van der Waals surface area contributed by atoms with Crippen LogP contribution in [-0.4, -0.2) is 32.3 Å². The third kappa shape index (κ3) is 4.63. The second-order valence-electron chi connectivity index (χ2n) is 5.45. The fourth-order valence-corrected chi connectivity index (χ4v) is 1.65. The molecular weight excluding hydrogens is 226 g/mol. The Morgan fingerprint density at radius 1 is 1.28 bits per heavy atom. The molecule has 102 valence electrons. The van der Waals surface area contributed by atoms with Crippen LogP contribution in [-0.2, 0) is 16.7 Å². The van der Waals surface area contributed by atoms with Crippen LogP contribution in [0, 0.1) is 0 Å². The summed E-state index contributed by atoms with van der Waals surface area (Å²) in [7, 11) is 3.66. The highest BCUT2D eigenvalue weighted by Gasteiger charge is 2.17. The van der Waals surface area contributed by atoms with Gasteiger partial charge in [0.2, 0.25) is 0 Å². The normalized spacial score (nSPS) is 11.6. The molecule has 0 amide bonds. The Hall–Kier alpha value is -1.13. The quantitative estimate of drug-likeness (QED) is 0.761. The zero-order valence-corrected chi connectivity index (χ0v) is 12.1. The van der Waals surface area contributed by atoms with Crippen molar-refractivity contribution >= 4 is 5.82 Å². The number of ether oxygens (including phenoxy) is 1. The maximum atomic E-state index is 5.04. The SMILES string of the molecule is CNCc1cc(NCCOC)nc(C(C)(C)C)c1. The van der Waals surface area contributed by atoms with E-state index in [-0.39, 0.29) is 5.41 Å². The monoisotopic (exact) mass is 251 g/mol. The number of pyridine rings is 1. The average molecular weight is 251 g/mol. The van der Waals surface area contributed by atoms with Gasteiger partial charge >= 0.3 is 0 Å². The first-order valence-electron chi connectivity index (χ1n) is 6.36. The second kappa shape index (κ2) is 6.71. The molecule has 0 bridgehead atoms. The summed E-state index contributed by atoms with van der Waals surface area (Å²) in [6.45, 7) is 8.84. The van der Waals surface area contributed by atoms with Crippen LogP contribution in [0.2, 0.25) is 0 Å². The highest BCUT2D eigenvalue weighted by atomic mass is 16.5. The van der Waals surface area contributed by atoms with E-state index < -0.39 is 0 Å². The molecule has 4 heteroatoms. The fourth-order valence-electron chi connectivity index (χ4n) is 1.65. The molecule has 0 fully saturated rings. The first-order chi connectivity index (χ1) is 8.47. The molecule has 0 atom stereocenters. The van der Waals surface area contributed by atoms with Gasteiger partial charge in [0.1, 0.15) is 5.82 Å². The number of methoxy groups -OCH3 is 1. The van der Waals surface area contributed by atoms with Crippen LogP contribution in [0.5, 0.6) is 0 Å². The summed E-state index contributed by atoms with van der Waals surface area (Å²) in [5.74, 6) is 0.921. The molecule has 0 aliphatic rings. The van der Waals surface area contributed by atoms with Crippen molar-refractivity contribution in [1.82, 2.24) is 10.3 Å². The van der Waals surface area contributed by atoms with Crippen LogP contribution in [0.1, 0.15) is 32.0 Å². The van der Waals surface area contributed by atoms with E-state index in [4.69, 9.17) is 4.74 Å². The van der Waals surface area contributed by atoms with Crippen molar-refractivity contribution < 1.29 is 4.74 Å². The number of rotatable bonds is 6. The minimum absolute atomic E-state index is 0.0570. The van der Waals surface area contributed by atoms with E-state index in [1.165, 1.54) is 5.56 Å². The molecule has 0 radical (unpaired) electrons. The molecule has 2 N–H and O–H groups in total.